The fourth-order valence-corrected chi connectivity index (χ4v) is 3.66. The van der Waals surface area contributed by atoms with Gasteiger partial charge in [0.05, 0.1) is 4.90 Å². The molecule has 140 valence electrons. The summed E-state index contributed by atoms with van der Waals surface area (Å²) in [7, 11) is -3.36. The van der Waals surface area contributed by atoms with E-state index in [1.807, 2.05) is 0 Å². The molecule has 0 saturated heterocycles. The van der Waals surface area contributed by atoms with Crippen LogP contribution in [0, 0.1) is 0 Å². The van der Waals surface area contributed by atoms with Crippen LogP contribution in [0.5, 0.6) is 0 Å². The summed E-state index contributed by atoms with van der Waals surface area (Å²) in [4.78, 5) is 24.5. The van der Waals surface area contributed by atoms with Crippen LogP contribution >= 0.6 is 0 Å². The number of rotatable bonds is 6. The van der Waals surface area contributed by atoms with Gasteiger partial charge in [0, 0.05) is 37.9 Å². The van der Waals surface area contributed by atoms with Crippen LogP contribution in [0.3, 0.4) is 0 Å². The highest BCUT2D eigenvalue weighted by atomic mass is 32.2. The maximum absolute atomic E-state index is 12.2. The molecular weight excluding hydrogens is 356 g/mol. The number of carbonyl (C=O) groups excluding carboxylic acids is 1. The van der Waals surface area contributed by atoms with Gasteiger partial charge in [-0.05, 0) is 37.5 Å². The van der Waals surface area contributed by atoms with E-state index in [9.17, 15) is 18.0 Å². The van der Waals surface area contributed by atoms with E-state index in [-0.39, 0.29) is 16.5 Å². The summed E-state index contributed by atoms with van der Waals surface area (Å²) in [6.45, 7) is 1.53. The van der Waals surface area contributed by atoms with Crippen LogP contribution in [0.15, 0.2) is 34.0 Å². The number of carbonyl (C=O) groups is 1. The van der Waals surface area contributed by atoms with Crippen molar-refractivity contribution in [2.45, 2.75) is 43.7 Å². The Labute approximate surface area is 151 Å². The van der Waals surface area contributed by atoms with Crippen LogP contribution in [-0.4, -0.2) is 41.5 Å². The molecule has 0 bridgehead atoms. The van der Waals surface area contributed by atoms with Crippen molar-refractivity contribution < 1.29 is 13.2 Å². The largest absolute Gasteiger partial charge is 0.352 e. The average Bonchev–Trinajstić information content (AvgIpc) is 2.94. The van der Waals surface area contributed by atoms with Crippen molar-refractivity contribution in [1.29, 1.82) is 0 Å². The first-order valence-electron chi connectivity index (χ1n) is 8.61. The van der Waals surface area contributed by atoms with E-state index in [0.29, 0.717) is 25.1 Å². The zero-order chi connectivity index (χ0) is 18.7. The molecule has 0 fully saturated rings. The molecule has 2 aromatic rings. The predicted octanol–water partition coefficient (Wildman–Crippen LogP) is 0.605. The Hall–Kier alpha value is -2.42. The zero-order valence-electron chi connectivity index (χ0n) is 14.6. The van der Waals surface area contributed by atoms with Crippen molar-refractivity contribution in [2.24, 2.45) is 0 Å². The molecule has 1 aromatic carbocycles. The van der Waals surface area contributed by atoms with Gasteiger partial charge < -0.3 is 5.32 Å². The fraction of sp³-hybridized carbons (Fsp3) is 0.471. The lowest BCUT2D eigenvalue weighted by Crippen LogP contribution is -2.29. The lowest BCUT2D eigenvalue weighted by molar-refractivity contribution is 0.0952. The summed E-state index contributed by atoms with van der Waals surface area (Å²) >= 11 is 0. The molecule has 1 N–H and O–H groups in total. The molecule has 0 aliphatic carbocycles. The average molecular weight is 378 g/mol. The first-order valence-corrected chi connectivity index (χ1v) is 10.5. The number of nitrogens with one attached hydrogen (secondary N) is 1. The lowest BCUT2D eigenvalue weighted by atomic mass is 10.2. The highest BCUT2D eigenvalue weighted by Gasteiger charge is 2.16. The van der Waals surface area contributed by atoms with Crippen molar-refractivity contribution in [3.05, 3.63) is 46.1 Å². The van der Waals surface area contributed by atoms with E-state index in [2.05, 4.69) is 10.4 Å². The second-order valence-corrected chi connectivity index (χ2v) is 8.46. The van der Waals surface area contributed by atoms with Gasteiger partial charge in [0.2, 0.25) is 0 Å². The van der Waals surface area contributed by atoms with Crippen molar-refractivity contribution >= 4 is 15.7 Å². The molecule has 2 heterocycles. The number of aromatic nitrogens is 3. The van der Waals surface area contributed by atoms with E-state index in [4.69, 9.17) is 0 Å². The van der Waals surface area contributed by atoms with Gasteiger partial charge >= 0.3 is 5.69 Å². The third kappa shape index (κ3) is 4.04. The molecule has 0 spiro atoms. The molecule has 26 heavy (non-hydrogen) atoms. The molecule has 1 aliphatic heterocycles. The zero-order valence-corrected chi connectivity index (χ0v) is 15.5. The number of hydrogen-bond acceptors (Lipinski definition) is 5. The smallest absolute Gasteiger partial charge is 0.345 e. The van der Waals surface area contributed by atoms with E-state index in [1.165, 1.54) is 16.8 Å². The third-order valence-electron chi connectivity index (χ3n) is 4.39. The molecule has 0 atom stereocenters. The first kappa shape index (κ1) is 18.4. The lowest BCUT2D eigenvalue weighted by Gasteiger charge is -2.09. The predicted molar refractivity (Wildman–Crippen MR) is 95.9 cm³/mol. The second kappa shape index (κ2) is 7.45. The SMILES string of the molecule is CS(=O)(=O)c1cccc(C(=O)NCCCn2nc3n(c2=O)CCCC3)c1. The van der Waals surface area contributed by atoms with Gasteiger partial charge in [0.15, 0.2) is 9.84 Å². The summed E-state index contributed by atoms with van der Waals surface area (Å²) < 4.78 is 26.3. The highest BCUT2D eigenvalue weighted by Crippen LogP contribution is 2.11. The number of fused-ring (bicyclic) bond motifs is 1. The molecule has 1 aromatic heterocycles. The fourth-order valence-electron chi connectivity index (χ4n) is 2.99. The standard InChI is InChI=1S/C17H22N4O4S/c1-26(24,25)14-7-4-6-13(12-14)16(22)18-9-5-11-21-17(23)20-10-3-2-8-15(20)19-21/h4,6-7,12H,2-3,5,8-11H2,1H3,(H,18,22). The number of nitrogens with zero attached hydrogens (tertiary/aromatic N) is 3. The molecule has 0 radical (unpaired) electrons. The summed E-state index contributed by atoms with van der Waals surface area (Å²) in [6, 6.07) is 5.93. The molecule has 9 heteroatoms. The summed E-state index contributed by atoms with van der Waals surface area (Å²) in [5.41, 5.74) is 0.203. The van der Waals surface area contributed by atoms with Gasteiger partial charge in [-0.1, -0.05) is 6.07 Å². The molecule has 0 unspecified atom stereocenters. The minimum atomic E-state index is -3.36. The van der Waals surface area contributed by atoms with Crippen LogP contribution in [-0.2, 0) is 29.3 Å². The van der Waals surface area contributed by atoms with Gasteiger partial charge in [-0.2, -0.15) is 5.10 Å². The minimum Gasteiger partial charge on any atom is -0.352 e. The van der Waals surface area contributed by atoms with Crippen LogP contribution in [0.2, 0.25) is 0 Å². The van der Waals surface area contributed by atoms with Crippen molar-refractivity contribution in [3.8, 4) is 0 Å². The van der Waals surface area contributed by atoms with Crippen LogP contribution < -0.4 is 11.0 Å². The topological polar surface area (TPSA) is 103 Å². The Kier molecular flexibility index (Phi) is 5.26. The van der Waals surface area contributed by atoms with Gasteiger partial charge in [-0.15, -0.1) is 0 Å². The van der Waals surface area contributed by atoms with Crippen LogP contribution in [0.1, 0.15) is 35.4 Å². The molecule has 3 rings (SSSR count). The Morgan fingerprint density at radius 3 is 2.85 bits per heavy atom. The number of hydrogen-bond donors (Lipinski definition) is 1. The maximum Gasteiger partial charge on any atom is 0.345 e. The first-order chi connectivity index (χ1) is 12.4. The summed E-state index contributed by atoms with van der Waals surface area (Å²) in [6.07, 6.45) is 4.55. The van der Waals surface area contributed by atoms with Crippen molar-refractivity contribution in [2.75, 3.05) is 12.8 Å². The summed E-state index contributed by atoms with van der Waals surface area (Å²) in [5, 5.41) is 7.10. The maximum atomic E-state index is 12.2. The van der Waals surface area contributed by atoms with E-state index in [1.54, 1.807) is 16.7 Å². The summed E-state index contributed by atoms with van der Waals surface area (Å²) in [5.74, 6) is 0.495. The molecule has 0 saturated carbocycles. The van der Waals surface area contributed by atoms with E-state index < -0.39 is 9.84 Å². The van der Waals surface area contributed by atoms with Crippen molar-refractivity contribution in [3.63, 3.8) is 0 Å². The number of sulfone groups is 1. The highest BCUT2D eigenvalue weighted by molar-refractivity contribution is 7.90. The molecular formula is C17H22N4O4S. The Balaban J connectivity index is 1.55. The second-order valence-electron chi connectivity index (χ2n) is 6.44. The van der Waals surface area contributed by atoms with E-state index in [0.717, 1.165) is 37.9 Å². The quantitative estimate of drug-likeness (QED) is 0.742. The van der Waals surface area contributed by atoms with Gasteiger partial charge in [-0.3, -0.25) is 9.36 Å². The third-order valence-corrected chi connectivity index (χ3v) is 5.50. The van der Waals surface area contributed by atoms with Crippen molar-refractivity contribution in [1.82, 2.24) is 19.7 Å². The number of benzene rings is 1. The monoisotopic (exact) mass is 378 g/mol. The Morgan fingerprint density at radius 2 is 2.12 bits per heavy atom. The number of aryl methyl sites for hydroxylation is 2. The van der Waals surface area contributed by atoms with Gasteiger partial charge in [-0.25, -0.2) is 17.9 Å². The Morgan fingerprint density at radius 1 is 1.31 bits per heavy atom. The van der Waals surface area contributed by atoms with Gasteiger partial charge in [0.1, 0.15) is 5.82 Å². The normalized spacial score (nSPS) is 14.0. The molecule has 1 amide bonds. The number of amides is 1. The van der Waals surface area contributed by atoms with Crippen LogP contribution in [0.25, 0.3) is 0 Å². The molecule has 8 nitrogen and oxygen atoms in total. The Bertz CT molecular complexity index is 975. The molecule has 1 aliphatic rings. The van der Waals surface area contributed by atoms with Crippen LogP contribution in [0.4, 0.5) is 0 Å². The minimum absolute atomic E-state index is 0.0909. The van der Waals surface area contributed by atoms with Gasteiger partial charge in [0.25, 0.3) is 5.91 Å². The van der Waals surface area contributed by atoms with E-state index >= 15 is 0 Å².